The summed E-state index contributed by atoms with van der Waals surface area (Å²) in [5.74, 6) is 0.886. The van der Waals surface area contributed by atoms with Crippen LogP contribution in [-0.4, -0.2) is 75.8 Å². The van der Waals surface area contributed by atoms with Crippen LogP contribution in [0.2, 0.25) is 5.02 Å². The lowest BCUT2D eigenvalue weighted by molar-refractivity contribution is -0.310. The van der Waals surface area contributed by atoms with Gasteiger partial charge in [-0.2, -0.15) is 18.4 Å². The number of aromatic nitrogens is 4. The summed E-state index contributed by atoms with van der Waals surface area (Å²) in [7, 11) is 0. The normalized spacial score (nSPS) is 21.2. The number of anilines is 2. The molecule has 14 heteroatoms. The number of rotatable bonds is 3. The van der Waals surface area contributed by atoms with Gasteiger partial charge in [-0.15, -0.1) is 10.2 Å². The highest BCUT2D eigenvalue weighted by Gasteiger charge is 2.64. The highest BCUT2D eigenvalue weighted by atomic mass is 35.5. The number of benzene rings is 1. The van der Waals surface area contributed by atoms with Crippen LogP contribution in [0, 0.1) is 22.6 Å². The minimum Gasteiger partial charge on any atom is -0.377 e. The van der Waals surface area contributed by atoms with Gasteiger partial charge in [0.1, 0.15) is 11.9 Å². The minimum absolute atomic E-state index is 0.0293. The van der Waals surface area contributed by atoms with Gasteiger partial charge in [-0.1, -0.05) is 11.6 Å². The number of fused-ring (bicyclic) bond motifs is 3. The van der Waals surface area contributed by atoms with E-state index in [2.05, 4.69) is 20.1 Å². The second kappa shape index (κ2) is 8.27. The summed E-state index contributed by atoms with van der Waals surface area (Å²) in [6, 6.07) is 9.77. The number of alkyl halides is 3. The number of hydrogen-bond acceptors (Lipinski definition) is 8. The fourth-order valence-corrected chi connectivity index (χ4v) is 6.23. The topological polar surface area (TPSA) is 86.3 Å². The number of hydrogen-bond donors (Lipinski definition) is 0. The molecule has 1 spiro atoms. The fourth-order valence-electron chi connectivity index (χ4n) is 6.03. The maximum atomic E-state index is 14.2. The quantitative estimate of drug-likeness (QED) is 0.451. The van der Waals surface area contributed by atoms with Crippen molar-refractivity contribution >= 4 is 23.4 Å². The molecule has 0 radical (unpaired) electrons. The molecule has 4 aliphatic heterocycles. The number of ether oxygens (including phenoxy) is 1. The Hall–Kier alpha value is -3.47. The molecule has 1 aromatic carbocycles. The summed E-state index contributed by atoms with van der Waals surface area (Å²) in [6.07, 6.45) is -4.48. The van der Waals surface area contributed by atoms with Crippen molar-refractivity contribution in [3.05, 3.63) is 58.3 Å². The number of nitrogens with zero attached hydrogens (tertiary/aromatic N) is 8. The van der Waals surface area contributed by atoms with Crippen molar-refractivity contribution in [2.24, 2.45) is 5.41 Å². The Bertz CT molecular complexity index is 1520. The summed E-state index contributed by atoms with van der Waals surface area (Å²) >= 11 is 6.26. The summed E-state index contributed by atoms with van der Waals surface area (Å²) in [4.78, 5) is 9.53. The third kappa shape index (κ3) is 3.62. The molecule has 39 heavy (non-hydrogen) atoms. The molecule has 3 aromatic rings. The van der Waals surface area contributed by atoms with Crippen LogP contribution in [0.4, 0.5) is 29.3 Å². The van der Waals surface area contributed by atoms with Crippen molar-refractivity contribution in [2.75, 3.05) is 49.2 Å². The van der Waals surface area contributed by atoms with Crippen LogP contribution in [-0.2, 0) is 17.8 Å². The molecule has 0 amide bonds. The Balaban J connectivity index is 1.15. The van der Waals surface area contributed by atoms with E-state index in [0.717, 1.165) is 0 Å². The molecule has 4 aliphatic rings. The molecular weight excluding hydrogens is 540 g/mol. The summed E-state index contributed by atoms with van der Waals surface area (Å²) in [5.41, 5.74) is -1.00. The summed E-state index contributed by atoms with van der Waals surface area (Å²) in [6.45, 7) is 1.82. The lowest BCUT2D eigenvalue weighted by Crippen LogP contribution is -2.73. The second-order valence-electron chi connectivity index (χ2n) is 10.7. The maximum absolute atomic E-state index is 14.2. The molecule has 9 nitrogen and oxygen atoms in total. The Morgan fingerprint density at radius 2 is 1.74 bits per heavy atom. The van der Waals surface area contributed by atoms with Gasteiger partial charge >= 0.3 is 6.18 Å². The van der Waals surface area contributed by atoms with Crippen molar-refractivity contribution in [1.82, 2.24) is 24.6 Å². The number of halogens is 5. The minimum atomic E-state index is -4.48. The molecule has 0 N–H and O–H groups in total. The van der Waals surface area contributed by atoms with Gasteiger partial charge in [-0.3, -0.25) is 9.47 Å². The van der Waals surface area contributed by atoms with Crippen molar-refractivity contribution in [2.45, 2.75) is 24.8 Å². The highest BCUT2D eigenvalue weighted by Crippen LogP contribution is 2.46. The van der Waals surface area contributed by atoms with Gasteiger partial charge < -0.3 is 14.5 Å². The third-order valence-corrected chi connectivity index (χ3v) is 8.39. The molecule has 0 aliphatic carbocycles. The lowest BCUT2D eigenvalue weighted by Gasteiger charge is -2.60. The Morgan fingerprint density at radius 3 is 2.41 bits per heavy atom. The maximum Gasteiger partial charge on any atom is 0.411 e. The van der Waals surface area contributed by atoms with E-state index in [1.165, 1.54) is 11.0 Å². The van der Waals surface area contributed by atoms with E-state index in [1.807, 2.05) is 9.47 Å². The zero-order chi connectivity index (χ0) is 27.2. The molecule has 3 fully saturated rings. The first kappa shape index (κ1) is 24.6. The molecule has 2 aromatic heterocycles. The largest absolute Gasteiger partial charge is 0.411 e. The van der Waals surface area contributed by atoms with Crippen LogP contribution >= 0.6 is 11.6 Å². The smallest absolute Gasteiger partial charge is 0.377 e. The molecule has 0 bridgehead atoms. The summed E-state index contributed by atoms with van der Waals surface area (Å²) in [5, 5.41) is 18.2. The van der Waals surface area contributed by atoms with Gasteiger partial charge in [0, 0.05) is 43.2 Å². The third-order valence-electron chi connectivity index (χ3n) is 8.15. The van der Waals surface area contributed by atoms with Gasteiger partial charge in [0.25, 0.3) is 0 Å². The first-order chi connectivity index (χ1) is 18.6. The lowest BCUT2D eigenvalue weighted by atomic mass is 9.73. The Kier molecular flexibility index (Phi) is 5.21. The van der Waals surface area contributed by atoms with Crippen LogP contribution in [0.3, 0.4) is 0 Å². The van der Waals surface area contributed by atoms with Crippen LogP contribution in [0.25, 0.3) is 5.69 Å². The Labute approximate surface area is 225 Å². The molecular formula is C25H21ClF4N8O. The summed E-state index contributed by atoms with van der Waals surface area (Å²) < 4.78 is 63.2. The van der Waals surface area contributed by atoms with Crippen LogP contribution < -0.4 is 9.80 Å². The average molecular weight is 561 g/mol. The second-order valence-corrected chi connectivity index (χ2v) is 11.2. The fraction of sp³-hybridized carbons (Fsp3) is 0.440. The van der Waals surface area contributed by atoms with Crippen molar-refractivity contribution in [1.29, 1.82) is 5.26 Å². The van der Waals surface area contributed by atoms with E-state index in [0.29, 0.717) is 60.0 Å². The molecule has 6 heterocycles. The van der Waals surface area contributed by atoms with Crippen molar-refractivity contribution < 1.29 is 22.3 Å². The van der Waals surface area contributed by atoms with E-state index < -0.39 is 30.7 Å². The zero-order valence-electron chi connectivity index (χ0n) is 20.4. The molecule has 0 atom stereocenters. The molecule has 202 valence electrons. The SMILES string of the molecule is N#Cc1nc(N2CC3(C2)CN(c2nnc4n2-c2ccc(Cl)cc2CN(C2(C(F)(F)F)COC2)C4)C3)ccc1F. The molecule has 0 saturated carbocycles. The van der Waals surface area contributed by atoms with Gasteiger partial charge in [-0.05, 0) is 35.9 Å². The zero-order valence-corrected chi connectivity index (χ0v) is 21.2. The van der Waals surface area contributed by atoms with Gasteiger partial charge in [0.05, 0.1) is 25.4 Å². The van der Waals surface area contributed by atoms with E-state index in [9.17, 15) is 17.6 Å². The highest BCUT2D eigenvalue weighted by molar-refractivity contribution is 6.30. The van der Waals surface area contributed by atoms with E-state index in [-0.39, 0.29) is 24.2 Å². The predicted octanol–water partition coefficient (Wildman–Crippen LogP) is 3.30. The van der Waals surface area contributed by atoms with Crippen LogP contribution in [0.1, 0.15) is 17.1 Å². The first-order valence-corrected chi connectivity index (χ1v) is 12.7. The molecule has 0 unspecified atom stereocenters. The number of pyridine rings is 1. The van der Waals surface area contributed by atoms with E-state index in [4.69, 9.17) is 21.6 Å². The van der Waals surface area contributed by atoms with Gasteiger partial charge in [0.15, 0.2) is 22.9 Å². The predicted molar refractivity (Wildman–Crippen MR) is 131 cm³/mol. The van der Waals surface area contributed by atoms with Crippen molar-refractivity contribution in [3.63, 3.8) is 0 Å². The van der Waals surface area contributed by atoms with Gasteiger partial charge in [0.2, 0.25) is 5.95 Å². The monoisotopic (exact) mass is 560 g/mol. The standard InChI is InChI=1S/C25H21ClF4N8O/c26-16-1-3-19-15(5-16)7-37(24(13-39-14-24)25(28,29)30)8-21-33-34-22(38(19)21)36-11-23(12-36)9-35(10-23)20-4-2-17(27)18(6-31)32-20/h1-5H,7-14H2. The number of nitriles is 1. The first-order valence-electron chi connectivity index (χ1n) is 12.3. The van der Waals surface area contributed by atoms with E-state index in [1.54, 1.807) is 30.3 Å². The molecule has 3 saturated heterocycles. The van der Waals surface area contributed by atoms with Crippen LogP contribution in [0.5, 0.6) is 0 Å². The average Bonchev–Trinajstić information content (AvgIpc) is 3.12. The molecule has 7 rings (SSSR count). The van der Waals surface area contributed by atoms with Gasteiger partial charge in [-0.25, -0.2) is 9.37 Å². The van der Waals surface area contributed by atoms with Crippen molar-refractivity contribution in [3.8, 4) is 11.8 Å². The van der Waals surface area contributed by atoms with E-state index >= 15 is 0 Å². The van der Waals surface area contributed by atoms with Crippen LogP contribution in [0.15, 0.2) is 30.3 Å². The Morgan fingerprint density at radius 1 is 1.00 bits per heavy atom.